The predicted octanol–water partition coefficient (Wildman–Crippen LogP) is 5.22. The first-order valence-corrected chi connectivity index (χ1v) is 26.4. The zero-order valence-corrected chi connectivity index (χ0v) is 43.5. The van der Waals surface area contributed by atoms with E-state index in [0.717, 1.165) is 10.5 Å². The summed E-state index contributed by atoms with van der Waals surface area (Å²) in [5, 5.41) is 22.5. The number of esters is 1. The minimum Gasteiger partial charge on any atom is -0.460 e. The number of carbonyl (C=O) groups excluding carboxylic acids is 5. The van der Waals surface area contributed by atoms with Crippen LogP contribution < -0.4 is 0 Å². The quantitative estimate of drug-likeness (QED) is 0.0927. The highest BCUT2D eigenvalue weighted by molar-refractivity contribution is 7.80. The van der Waals surface area contributed by atoms with Gasteiger partial charge in [0.15, 0.2) is 5.78 Å². The molecule has 16 unspecified atom stereocenters. The molecule has 3 N–H and O–H groups in total. The number of ether oxygens (including phenoxy) is 6. The number of ketones is 3. The van der Waals surface area contributed by atoms with E-state index in [1.54, 1.807) is 27.9 Å². The summed E-state index contributed by atoms with van der Waals surface area (Å²) in [7, 11) is -0.844. The number of piperidine rings is 1. The molecule has 0 radical (unpaired) electrons. The predicted molar refractivity (Wildman–Crippen MR) is 255 cm³/mol. The van der Waals surface area contributed by atoms with Gasteiger partial charge in [0.05, 0.1) is 24.4 Å². The third-order valence-corrected chi connectivity index (χ3v) is 15.7. The van der Waals surface area contributed by atoms with Crippen molar-refractivity contribution in [3.05, 3.63) is 35.5 Å². The lowest BCUT2D eigenvalue weighted by molar-refractivity contribution is -0.265. The van der Waals surface area contributed by atoms with E-state index in [1.807, 2.05) is 39.0 Å². The Kier molecular flexibility index (Phi) is 20.7. The zero-order chi connectivity index (χ0) is 51.8. The van der Waals surface area contributed by atoms with Gasteiger partial charge in [-0.15, -0.1) is 0 Å². The number of Topliss-reactive ketones (excluding diaryl/α,β-unsaturated/α-hetero) is 3. The number of epoxide rings is 1. The maximum absolute atomic E-state index is 14.5. The van der Waals surface area contributed by atoms with Gasteiger partial charge in [0.25, 0.3) is 11.7 Å². The van der Waals surface area contributed by atoms with Crippen molar-refractivity contribution in [2.75, 3.05) is 27.9 Å². The molecule has 19 heteroatoms. The van der Waals surface area contributed by atoms with Gasteiger partial charge in [0.2, 0.25) is 5.79 Å². The Hall–Kier alpha value is -3.24. The van der Waals surface area contributed by atoms with Gasteiger partial charge in [-0.05, 0) is 107 Å². The Morgan fingerprint density at radius 1 is 0.843 bits per heavy atom. The van der Waals surface area contributed by atoms with Crippen molar-refractivity contribution < 1.29 is 79.8 Å². The number of fused-ring (bicyclic) bond motifs is 4. The maximum atomic E-state index is 14.5. The SMILES string of the molecule is COC1CC2CCC(C)[C@@](O)(O2)C(=O)C(=O)N2CCCCC2C(=O)OC(C(C)CC2CCC(O)C(OC)C2)CC(=O)C(C)/C=C(/C)C(OS(=O)(=O)O)C(OC)C(=O)C(C)CC(C)/C=C\C2OC2/C=C\1C. The standard InChI is InChI=1S/C51H79NO17S/c1-28-14-19-40-44(66-40)24-31(4)41(63-8)26-36-17-15-34(7)51(59,68-36)48(56)49(57)52-20-12-11-13-37(52)50(58)67-42(30(3)23-35-16-18-38(53)43(25-35)64-9)27-39(54)29(2)22-33(6)46(69-70(60,61)62)47(65-10)45(55)32(5)21-28/h14,19,22,24,28-30,32,34-38,40-44,46-47,53,59H,11-13,15-18,20-21,23,25-27H2,1-10H3,(H,60,61,62)/b19-14-,31-24-,33-22-/t28?,29?,30?,32?,34?,35?,36?,37?,38?,40?,41?,42?,43?,44?,46?,47?,51-/m1/s1. The van der Waals surface area contributed by atoms with E-state index in [-0.39, 0.29) is 55.4 Å². The molecule has 4 aliphatic heterocycles. The molecule has 0 spiro atoms. The first-order chi connectivity index (χ1) is 32.9. The summed E-state index contributed by atoms with van der Waals surface area (Å²) in [6.45, 7) is 12.0. The number of hydrogen-bond acceptors (Lipinski definition) is 16. The Labute approximate surface area is 414 Å². The van der Waals surface area contributed by atoms with Gasteiger partial charge in [-0.1, -0.05) is 58.9 Å². The van der Waals surface area contributed by atoms with Crippen LogP contribution in [0, 0.1) is 35.5 Å². The molecular weight excluding hydrogens is 931 g/mol. The molecule has 0 aromatic heterocycles. The topological polar surface area (TPSA) is 251 Å². The van der Waals surface area contributed by atoms with E-state index in [0.29, 0.717) is 57.8 Å². The van der Waals surface area contributed by atoms with Crippen LogP contribution in [0.5, 0.6) is 0 Å². The van der Waals surface area contributed by atoms with Crippen molar-refractivity contribution in [3.63, 3.8) is 0 Å². The summed E-state index contributed by atoms with van der Waals surface area (Å²) < 4.78 is 74.8. The summed E-state index contributed by atoms with van der Waals surface area (Å²) in [5.74, 6) is -9.39. The third kappa shape index (κ3) is 14.9. The Morgan fingerprint density at radius 2 is 1.56 bits per heavy atom. The molecular formula is C51H79NO17S. The van der Waals surface area contributed by atoms with Crippen LogP contribution in [0.15, 0.2) is 35.5 Å². The molecule has 5 aliphatic rings. The largest absolute Gasteiger partial charge is 0.460 e. The molecule has 0 aromatic rings. The molecule has 70 heavy (non-hydrogen) atoms. The normalized spacial score (nSPS) is 41.0. The minimum absolute atomic E-state index is 0.0336. The highest BCUT2D eigenvalue weighted by Gasteiger charge is 2.53. The highest BCUT2D eigenvalue weighted by atomic mass is 32.3. The van der Waals surface area contributed by atoms with E-state index < -0.39 is 118 Å². The van der Waals surface area contributed by atoms with Gasteiger partial charge in [-0.2, -0.15) is 8.42 Å². The first kappa shape index (κ1) is 57.7. The summed E-state index contributed by atoms with van der Waals surface area (Å²) in [5.41, 5.74) is 0.941. The van der Waals surface area contributed by atoms with Crippen molar-refractivity contribution >= 4 is 39.6 Å². The fourth-order valence-electron chi connectivity index (χ4n) is 10.8. The number of rotatable bonds is 8. The van der Waals surface area contributed by atoms with E-state index in [1.165, 1.54) is 27.2 Å². The molecule has 0 aromatic carbocycles. The second-order valence-corrected chi connectivity index (χ2v) is 21.8. The van der Waals surface area contributed by atoms with Crippen LogP contribution in [0.3, 0.4) is 0 Å². The second-order valence-electron chi connectivity index (χ2n) is 20.8. The molecule has 1 amide bonds. The number of allylic oxidation sites excluding steroid dienone is 2. The molecule has 17 atom stereocenters. The lowest BCUT2D eigenvalue weighted by Crippen LogP contribution is -2.61. The maximum Gasteiger partial charge on any atom is 0.398 e. The van der Waals surface area contributed by atoms with Crippen LogP contribution in [-0.2, 0) is 67.0 Å². The number of carbonyl (C=O) groups is 5. The van der Waals surface area contributed by atoms with Gasteiger partial charge >= 0.3 is 16.4 Å². The fourth-order valence-corrected chi connectivity index (χ4v) is 11.3. The number of methoxy groups -OCH3 is 3. The van der Waals surface area contributed by atoms with Crippen LogP contribution in [0.1, 0.15) is 126 Å². The molecule has 4 fully saturated rings. The number of aliphatic hydroxyl groups excluding tert-OH is 1. The smallest absolute Gasteiger partial charge is 0.398 e. The van der Waals surface area contributed by atoms with Gasteiger partial charge in [0, 0.05) is 58.5 Å². The van der Waals surface area contributed by atoms with Gasteiger partial charge < -0.3 is 43.5 Å². The van der Waals surface area contributed by atoms with E-state index in [4.69, 9.17) is 32.6 Å². The Balaban J connectivity index is 1.51. The minimum atomic E-state index is -5.15. The Bertz CT molecular complexity index is 2060. The lowest BCUT2D eigenvalue weighted by Gasteiger charge is -2.42. The summed E-state index contributed by atoms with van der Waals surface area (Å²) in [4.78, 5) is 72.5. The van der Waals surface area contributed by atoms with Crippen molar-refractivity contribution in [2.45, 2.75) is 192 Å². The van der Waals surface area contributed by atoms with Crippen LogP contribution in [-0.4, -0.2) is 152 Å². The monoisotopic (exact) mass is 1010 g/mol. The molecule has 3 saturated heterocycles. The van der Waals surface area contributed by atoms with Crippen molar-refractivity contribution in [2.24, 2.45) is 35.5 Å². The average Bonchev–Trinajstić information content (AvgIpc) is 4.06. The Morgan fingerprint density at radius 3 is 2.21 bits per heavy atom. The van der Waals surface area contributed by atoms with Crippen LogP contribution in [0.25, 0.3) is 0 Å². The van der Waals surface area contributed by atoms with E-state index in [9.17, 15) is 47.2 Å². The number of cyclic esters (lactones) is 1. The van der Waals surface area contributed by atoms with Crippen LogP contribution in [0.2, 0.25) is 0 Å². The third-order valence-electron chi connectivity index (χ3n) is 15.3. The van der Waals surface area contributed by atoms with Crippen LogP contribution in [0.4, 0.5) is 0 Å². The molecule has 396 valence electrons. The molecule has 4 heterocycles. The van der Waals surface area contributed by atoms with Gasteiger partial charge in [-0.3, -0.25) is 23.7 Å². The van der Waals surface area contributed by atoms with Gasteiger partial charge in [-0.25, -0.2) is 8.98 Å². The average molecular weight is 1010 g/mol. The molecule has 1 aliphatic carbocycles. The first-order valence-electron chi connectivity index (χ1n) is 25.1. The number of nitrogens with zero attached hydrogens (tertiary/aromatic N) is 1. The fraction of sp³-hybridized carbons (Fsp3) is 0.784. The molecule has 18 nitrogen and oxygen atoms in total. The number of hydrogen-bond donors (Lipinski definition) is 3. The van der Waals surface area contributed by atoms with E-state index >= 15 is 0 Å². The number of amides is 1. The molecule has 1 saturated carbocycles. The highest BCUT2D eigenvalue weighted by Crippen LogP contribution is 2.38. The number of aliphatic hydroxyl groups is 2. The molecule has 5 rings (SSSR count). The summed E-state index contributed by atoms with van der Waals surface area (Å²) in [6.07, 6.45) is 4.82. The summed E-state index contributed by atoms with van der Waals surface area (Å²) >= 11 is 0. The summed E-state index contributed by atoms with van der Waals surface area (Å²) in [6, 6.07) is -1.21. The van der Waals surface area contributed by atoms with E-state index in [2.05, 4.69) is 0 Å². The van der Waals surface area contributed by atoms with Crippen molar-refractivity contribution in [1.82, 2.24) is 4.90 Å². The van der Waals surface area contributed by atoms with Crippen molar-refractivity contribution in [3.8, 4) is 0 Å². The zero-order valence-electron chi connectivity index (χ0n) is 42.7. The van der Waals surface area contributed by atoms with Crippen molar-refractivity contribution in [1.29, 1.82) is 0 Å². The van der Waals surface area contributed by atoms with Crippen LogP contribution >= 0.6 is 0 Å². The van der Waals surface area contributed by atoms with Gasteiger partial charge in [0.1, 0.15) is 42.3 Å². The molecule has 2 bridgehead atoms. The lowest BCUT2D eigenvalue weighted by atomic mass is 9.78. The second kappa shape index (κ2) is 25.1.